The standard InChI is InChI=1S/C58H38N4O/c1-58(2)47-29-28-35-16-9-10-21-41(35)53(47)46-33-45-43-22-11-13-25-49(43)62(50(45)34-48(46)58)40-31-38(42-24-15-27-52-54(42)44-23-12-14-26-51(44)63-52)30-39(32-40)57-60-55(36-17-5-3-6-18-36)59-56(61-57)37-19-7-4-8-20-37/h3-34H,1-2H3. The summed E-state index contributed by atoms with van der Waals surface area (Å²) in [6.07, 6.45) is 0. The molecule has 63 heavy (non-hydrogen) atoms. The van der Waals surface area contributed by atoms with Crippen LogP contribution in [-0.2, 0) is 5.41 Å². The molecule has 3 aromatic heterocycles. The molecule has 1 aliphatic rings. The van der Waals surface area contributed by atoms with Crippen LogP contribution < -0.4 is 0 Å². The molecule has 5 heteroatoms. The van der Waals surface area contributed by atoms with E-state index in [0.717, 1.165) is 66.5 Å². The lowest BCUT2D eigenvalue weighted by Crippen LogP contribution is -2.15. The minimum absolute atomic E-state index is 0.207. The van der Waals surface area contributed by atoms with Crippen LogP contribution in [-0.4, -0.2) is 19.5 Å². The maximum Gasteiger partial charge on any atom is 0.164 e. The fourth-order valence-electron chi connectivity index (χ4n) is 10.2. The van der Waals surface area contributed by atoms with Crippen molar-refractivity contribution in [3.63, 3.8) is 0 Å². The van der Waals surface area contributed by atoms with Gasteiger partial charge < -0.3 is 8.98 Å². The van der Waals surface area contributed by atoms with E-state index in [9.17, 15) is 0 Å². The van der Waals surface area contributed by atoms with Crippen LogP contribution in [0.1, 0.15) is 25.0 Å². The van der Waals surface area contributed by atoms with Crippen molar-refractivity contribution in [2.75, 3.05) is 0 Å². The number of hydrogen-bond donors (Lipinski definition) is 0. The highest BCUT2D eigenvalue weighted by molar-refractivity contribution is 6.15. The van der Waals surface area contributed by atoms with E-state index in [4.69, 9.17) is 19.4 Å². The Morgan fingerprint density at radius 3 is 1.79 bits per heavy atom. The monoisotopic (exact) mass is 806 g/mol. The lowest BCUT2D eigenvalue weighted by Gasteiger charge is -2.22. The van der Waals surface area contributed by atoms with Crippen molar-refractivity contribution in [1.82, 2.24) is 19.5 Å². The number of fused-ring (bicyclic) bond motifs is 11. The van der Waals surface area contributed by atoms with Gasteiger partial charge in [0.25, 0.3) is 0 Å². The first kappa shape index (κ1) is 35.6. The Hall–Kier alpha value is -8.15. The summed E-state index contributed by atoms with van der Waals surface area (Å²) in [6.45, 7) is 4.74. The third kappa shape index (κ3) is 5.39. The average Bonchev–Trinajstić information content (AvgIpc) is 3.96. The summed E-state index contributed by atoms with van der Waals surface area (Å²) in [7, 11) is 0. The van der Waals surface area contributed by atoms with Gasteiger partial charge in [0.1, 0.15) is 11.2 Å². The Morgan fingerprint density at radius 1 is 0.413 bits per heavy atom. The Bertz CT molecular complexity index is 3770. The van der Waals surface area contributed by atoms with Crippen LogP contribution in [0.4, 0.5) is 0 Å². The molecule has 12 aromatic rings. The van der Waals surface area contributed by atoms with E-state index in [-0.39, 0.29) is 5.41 Å². The van der Waals surface area contributed by atoms with Crippen molar-refractivity contribution in [1.29, 1.82) is 0 Å². The van der Waals surface area contributed by atoms with Gasteiger partial charge in [0.2, 0.25) is 0 Å². The number of para-hydroxylation sites is 2. The third-order valence-corrected chi connectivity index (χ3v) is 13.2. The van der Waals surface area contributed by atoms with E-state index < -0.39 is 0 Å². The molecule has 5 nitrogen and oxygen atoms in total. The molecule has 0 spiro atoms. The van der Waals surface area contributed by atoms with E-state index in [1.807, 2.05) is 48.5 Å². The minimum atomic E-state index is -0.207. The van der Waals surface area contributed by atoms with Crippen LogP contribution in [0.25, 0.3) is 117 Å². The topological polar surface area (TPSA) is 56.7 Å². The summed E-state index contributed by atoms with van der Waals surface area (Å²) in [6, 6.07) is 68.9. The zero-order chi connectivity index (χ0) is 41.8. The molecule has 3 heterocycles. The highest BCUT2D eigenvalue weighted by Gasteiger charge is 2.37. The van der Waals surface area contributed by atoms with Gasteiger partial charge in [-0.05, 0) is 92.7 Å². The Labute approximate surface area is 363 Å². The highest BCUT2D eigenvalue weighted by Crippen LogP contribution is 2.53. The minimum Gasteiger partial charge on any atom is -0.456 e. The molecule has 0 saturated heterocycles. The van der Waals surface area contributed by atoms with Gasteiger partial charge >= 0.3 is 0 Å². The van der Waals surface area contributed by atoms with Gasteiger partial charge in [0.15, 0.2) is 17.5 Å². The van der Waals surface area contributed by atoms with Crippen LogP contribution in [0.2, 0.25) is 0 Å². The first-order valence-corrected chi connectivity index (χ1v) is 21.5. The maximum absolute atomic E-state index is 6.45. The van der Waals surface area contributed by atoms with Crippen molar-refractivity contribution in [2.45, 2.75) is 19.3 Å². The normalized spacial score (nSPS) is 13.0. The second kappa shape index (κ2) is 13.4. The first-order chi connectivity index (χ1) is 31.0. The Morgan fingerprint density at radius 2 is 1.03 bits per heavy atom. The van der Waals surface area contributed by atoms with Gasteiger partial charge in [-0.15, -0.1) is 0 Å². The van der Waals surface area contributed by atoms with Crippen LogP contribution in [0.3, 0.4) is 0 Å². The maximum atomic E-state index is 6.45. The van der Waals surface area contributed by atoms with Crippen molar-refractivity contribution in [3.05, 3.63) is 205 Å². The molecule has 0 aliphatic heterocycles. The molecular formula is C58H38N4O. The van der Waals surface area contributed by atoms with E-state index in [1.165, 1.54) is 43.8 Å². The molecule has 0 bridgehead atoms. The van der Waals surface area contributed by atoms with E-state index in [1.54, 1.807) is 0 Å². The summed E-state index contributed by atoms with van der Waals surface area (Å²) < 4.78 is 8.90. The molecule has 296 valence electrons. The predicted molar refractivity (Wildman–Crippen MR) is 258 cm³/mol. The lowest BCUT2D eigenvalue weighted by atomic mass is 9.82. The summed E-state index contributed by atoms with van der Waals surface area (Å²) in [5.41, 5.74) is 15.0. The molecule has 0 saturated carbocycles. The van der Waals surface area contributed by atoms with Gasteiger partial charge in [-0.3, -0.25) is 0 Å². The average molecular weight is 807 g/mol. The number of benzene rings is 9. The van der Waals surface area contributed by atoms with E-state index in [0.29, 0.717) is 17.5 Å². The summed E-state index contributed by atoms with van der Waals surface area (Å²) in [5.74, 6) is 1.84. The molecule has 13 rings (SSSR count). The van der Waals surface area contributed by atoms with Gasteiger partial charge in [0.05, 0.1) is 11.0 Å². The molecule has 0 atom stereocenters. The molecule has 1 aliphatic carbocycles. The second-order valence-corrected chi connectivity index (χ2v) is 17.2. The molecule has 0 unspecified atom stereocenters. The quantitative estimate of drug-likeness (QED) is 0.174. The van der Waals surface area contributed by atoms with E-state index >= 15 is 0 Å². The van der Waals surface area contributed by atoms with Crippen molar-refractivity contribution < 1.29 is 4.42 Å². The summed E-state index contributed by atoms with van der Waals surface area (Å²) in [4.78, 5) is 15.5. The number of hydrogen-bond acceptors (Lipinski definition) is 4. The number of furan rings is 1. The fourth-order valence-corrected chi connectivity index (χ4v) is 10.2. The summed E-state index contributed by atoms with van der Waals surface area (Å²) in [5, 5.41) is 7.13. The predicted octanol–water partition coefficient (Wildman–Crippen LogP) is 15.0. The highest BCUT2D eigenvalue weighted by atomic mass is 16.3. The van der Waals surface area contributed by atoms with Crippen LogP contribution in [0.5, 0.6) is 0 Å². The summed E-state index contributed by atoms with van der Waals surface area (Å²) >= 11 is 0. The van der Waals surface area contributed by atoms with Crippen LogP contribution in [0, 0.1) is 0 Å². The zero-order valence-electron chi connectivity index (χ0n) is 34.7. The second-order valence-electron chi connectivity index (χ2n) is 17.2. The smallest absolute Gasteiger partial charge is 0.164 e. The molecule has 0 N–H and O–H groups in total. The largest absolute Gasteiger partial charge is 0.456 e. The Kier molecular flexibility index (Phi) is 7.58. The van der Waals surface area contributed by atoms with Gasteiger partial charge in [-0.2, -0.15) is 0 Å². The first-order valence-electron chi connectivity index (χ1n) is 21.5. The van der Waals surface area contributed by atoms with Crippen molar-refractivity contribution >= 4 is 54.5 Å². The lowest BCUT2D eigenvalue weighted by molar-refractivity contribution is 0.661. The van der Waals surface area contributed by atoms with Crippen LogP contribution in [0.15, 0.2) is 199 Å². The van der Waals surface area contributed by atoms with Crippen LogP contribution >= 0.6 is 0 Å². The zero-order valence-corrected chi connectivity index (χ0v) is 34.7. The molecule has 0 radical (unpaired) electrons. The molecule has 0 amide bonds. The number of nitrogens with zero attached hydrogens (tertiary/aromatic N) is 4. The molecule has 9 aromatic carbocycles. The Balaban J connectivity index is 1.12. The van der Waals surface area contributed by atoms with Gasteiger partial charge in [0, 0.05) is 49.3 Å². The van der Waals surface area contributed by atoms with Crippen molar-refractivity contribution in [2.24, 2.45) is 0 Å². The SMILES string of the molecule is CC1(C)c2cc3c(cc2-c2c1ccc1ccccc21)c1ccccc1n3-c1cc(-c2nc(-c3ccccc3)nc(-c3ccccc3)n2)cc(-c2cccc3oc4ccccc4c23)c1. The molecule has 0 fully saturated rings. The number of aromatic nitrogens is 4. The fraction of sp³-hybridized carbons (Fsp3) is 0.0517. The van der Waals surface area contributed by atoms with Crippen molar-refractivity contribution in [3.8, 4) is 62.1 Å². The van der Waals surface area contributed by atoms with Gasteiger partial charge in [-0.25, -0.2) is 15.0 Å². The van der Waals surface area contributed by atoms with Gasteiger partial charge in [-0.1, -0.05) is 159 Å². The number of rotatable bonds is 5. The van der Waals surface area contributed by atoms with E-state index in [2.05, 4.69) is 164 Å². The molecular weight excluding hydrogens is 769 g/mol. The third-order valence-electron chi connectivity index (χ3n) is 13.2.